The van der Waals surface area contributed by atoms with Crippen LogP contribution in [0.25, 0.3) is 10.1 Å². The lowest BCUT2D eigenvalue weighted by Gasteiger charge is -2.24. The van der Waals surface area contributed by atoms with Gasteiger partial charge in [-0.1, -0.05) is 29.8 Å². The average molecular weight is 328 g/mol. The van der Waals surface area contributed by atoms with E-state index < -0.39 is 0 Å². The van der Waals surface area contributed by atoms with Crippen molar-refractivity contribution >= 4 is 44.4 Å². The van der Waals surface area contributed by atoms with Crippen molar-refractivity contribution in [1.29, 1.82) is 0 Å². The van der Waals surface area contributed by atoms with Crippen LogP contribution in [0.2, 0.25) is 5.02 Å². The Bertz CT molecular complexity index is 934. The Labute approximate surface area is 137 Å². The van der Waals surface area contributed by atoms with Crippen molar-refractivity contribution in [3.8, 4) is 0 Å². The molecule has 2 heterocycles. The molecule has 3 aromatic rings. The number of nitrogens with zero attached hydrogens (tertiary/aromatic N) is 1. The summed E-state index contributed by atoms with van der Waals surface area (Å²) in [7, 11) is 0. The second kappa shape index (κ2) is 5.11. The van der Waals surface area contributed by atoms with E-state index in [1.54, 1.807) is 17.4 Å². The molecular formula is C18H14ClNOS. The highest BCUT2D eigenvalue weighted by molar-refractivity contribution is 7.16. The van der Waals surface area contributed by atoms with Crippen molar-refractivity contribution < 1.29 is 0 Å². The van der Waals surface area contributed by atoms with Gasteiger partial charge in [0, 0.05) is 32.2 Å². The Morgan fingerprint density at radius 1 is 1.18 bits per heavy atom. The Balaban J connectivity index is 1.95. The van der Waals surface area contributed by atoms with Crippen LogP contribution in [0, 0.1) is 0 Å². The predicted octanol–water partition coefficient (Wildman–Crippen LogP) is 5.00. The number of rotatable bonds is 1. The molecule has 0 bridgehead atoms. The summed E-state index contributed by atoms with van der Waals surface area (Å²) in [5.74, 6) is 0. The number of hydrogen-bond donors (Lipinski definition) is 0. The van der Waals surface area contributed by atoms with Gasteiger partial charge >= 0.3 is 0 Å². The molecule has 2 nitrogen and oxygen atoms in total. The van der Waals surface area contributed by atoms with Crippen LogP contribution in [0.15, 0.2) is 52.6 Å². The molecule has 4 heteroatoms. The summed E-state index contributed by atoms with van der Waals surface area (Å²) in [6.07, 6.45) is 0.966. The Kier molecular flexibility index (Phi) is 3.21. The minimum Gasteiger partial charge on any atom is -0.334 e. The molecule has 0 radical (unpaired) electrons. The molecule has 110 valence electrons. The molecule has 0 N–H and O–H groups in total. The normalized spacial score (nSPS) is 17.0. The first kappa shape index (κ1) is 13.8. The largest absolute Gasteiger partial charge is 0.334 e. The maximum absolute atomic E-state index is 12.9. The summed E-state index contributed by atoms with van der Waals surface area (Å²) in [4.78, 5) is 15.1. The van der Waals surface area contributed by atoms with Crippen LogP contribution in [0.5, 0.6) is 0 Å². The minimum atomic E-state index is 0.0554. The lowest BCUT2D eigenvalue weighted by Crippen LogP contribution is -2.28. The third-order valence-electron chi connectivity index (χ3n) is 4.18. The zero-order chi connectivity index (χ0) is 15.3. The molecular weight excluding hydrogens is 314 g/mol. The van der Waals surface area contributed by atoms with Gasteiger partial charge in [0.25, 0.3) is 0 Å². The van der Waals surface area contributed by atoms with Gasteiger partial charge in [0.15, 0.2) is 0 Å². The lowest BCUT2D eigenvalue weighted by atomic mass is 10.1. The Morgan fingerprint density at radius 3 is 2.86 bits per heavy atom. The van der Waals surface area contributed by atoms with Crippen LogP contribution in [-0.2, 0) is 6.42 Å². The van der Waals surface area contributed by atoms with Crippen LogP contribution >= 0.6 is 22.9 Å². The van der Waals surface area contributed by atoms with Gasteiger partial charge in [-0.3, -0.25) is 4.79 Å². The molecule has 1 aliphatic heterocycles. The average Bonchev–Trinajstić information content (AvgIpc) is 2.84. The molecule has 1 aliphatic rings. The van der Waals surface area contributed by atoms with Gasteiger partial charge in [-0.05, 0) is 43.2 Å². The standard InChI is InChI=1S/C18H14ClNOS/c1-11-8-12-4-2-3-5-15(12)20(11)16-10-22-17-7-6-13(19)9-14(17)18(16)21/h2-7,9-11H,8H2,1H3/t11-/m1/s1. The summed E-state index contributed by atoms with van der Waals surface area (Å²) >= 11 is 7.65. The van der Waals surface area contributed by atoms with E-state index >= 15 is 0 Å². The van der Waals surface area contributed by atoms with Gasteiger partial charge < -0.3 is 4.90 Å². The molecule has 1 aromatic heterocycles. The first-order valence-corrected chi connectivity index (χ1v) is 8.49. The summed E-state index contributed by atoms with van der Waals surface area (Å²) in [5, 5.41) is 3.27. The number of benzene rings is 2. The molecule has 4 rings (SSSR count). The summed E-state index contributed by atoms with van der Waals surface area (Å²) < 4.78 is 0.971. The van der Waals surface area contributed by atoms with Crippen LogP contribution in [0.1, 0.15) is 12.5 Å². The summed E-state index contributed by atoms with van der Waals surface area (Å²) in [6.45, 7) is 2.16. The molecule has 22 heavy (non-hydrogen) atoms. The van der Waals surface area contributed by atoms with E-state index in [1.807, 2.05) is 23.6 Å². The highest BCUT2D eigenvalue weighted by Gasteiger charge is 2.28. The van der Waals surface area contributed by atoms with Crippen LogP contribution in [-0.4, -0.2) is 6.04 Å². The fourth-order valence-electron chi connectivity index (χ4n) is 3.19. The monoisotopic (exact) mass is 327 g/mol. The Morgan fingerprint density at radius 2 is 2.00 bits per heavy atom. The molecule has 0 aliphatic carbocycles. The van der Waals surface area contributed by atoms with Crippen molar-refractivity contribution in [3.63, 3.8) is 0 Å². The van der Waals surface area contributed by atoms with Crippen molar-refractivity contribution in [2.45, 2.75) is 19.4 Å². The zero-order valence-corrected chi connectivity index (χ0v) is 13.6. The van der Waals surface area contributed by atoms with E-state index in [9.17, 15) is 4.79 Å². The van der Waals surface area contributed by atoms with E-state index in [0.717, 1.165) is 22.5 Å². The molecule has 0 saturated heterocycles. The SMILES string of the molecule is C[C@@H]1Cc2ccccc2N1c1csc2ccc(Cl)cc2c1=O. The van der Waals surface area contributed by atoms with E-state index in [0.29, 0.717) is 10.4 Å². The van der Waals surface area contributed by atoms with E-state index in [1.165, 1.54) is 5.56 Å². The van der Waals surface area contributed by atoms with Crippen LogP contribution in [0.4, 0.5) is 11.4 Å². The number of para-hydroxylation sites is 1. The number of hydrogen-bond acceptors (Lipinski definition) is 3. The number of halogens is 1. The van der Waals surface area contributed by atoms with Gasteiger partial charge in [0.2, 0.25) is 5.43 Å². The van der Waals surface area contributed by atoms with Gasteiger partial charge in [-0.2, -0.15) is 0 Å². The molecule has 0 spiro atoms. The topological polar surface area (TPSA) is 20.3 Å². The Hall–Kier alpha value is -1.84. The zero-order valence-electron chi connectivity index (χ0n) is 12.0. The first-order valence-electron chi connectivity index (χ1n) is 7.23. The van der Waals surface area contributed by atoms with Gasteiger partial charge in [0.05, 0.1) is 0 Å². The van der Waals surface area contributed by atoms with Crippen LogP contribution < -0.4 is 10.3 Å². The molecule has 1 atom stereocenters. The fraction of sp³-hybridized carbons (Fsp3) is 0.167. The highest BCUT2D eigenvalue weighted by atomic mass is 35.5. The third-order valence-corrected chi connectivity index (χ3v) is 5.37. The second-order valence-corrected chi connectivity index (χ2v) is 6.99. The van der Waals surface area contributed by atoms with E-state index in [2.05, 4.69) is 30.0 Å². The number of anilines is 2. The van der Waals surface area contributed by atoms with Gasteiger partial charge in [-0.25, -0.2) is 0 Å². The van der Waals surface area contributed by atoms with Crippen molar-refractivity contribution in [2.75, 3.05) is 4.90 Å². The highest BCUT2D eigenvalue weighted by Crippen LogP contribution is 2.38. The van der Waals surface area contributed by atoms with Crippen molar-refractivity contribution in [2.24, 2.45) is 0 Å². The van der Waals surface area contributed by atoms with Gasteiger partial charge in [0.1, 0.15) is 5.69 Å². The maximum atomic E-state index is 12.9. The molecule has 2 aromatic carbocycles. The maximum Gasteiger partial charge on any atom is 0.211 e. The summed E-state index contributed by atoms with van der Waals surface area (Å²) in [5.41, 5.74) is 3.24. The first-order chi connectivity index (χ1) is 10.6. The smallest absolute Gasteiger partial charge is 0.211 e. The predicted molar refractivity (Wildman–Crippen MR) is 94.9 cm³/mol. The van der Waals surface area contributed by atoms with E-state index in [4.69, 9.17) is 11.6 Å². The van der Waals surface area contributed by atoms with Crippen molar-refractivity contribution in [1.82, 2.24) is 0 Å². The lowest BCUT2D eigenvalue weighted by molar-refractivity contribution is 0.758. The minimum absolute atomic E-state index is 0.0554. The molecule has 0 amide bonds. The summed E-state index contributed by atoms with van der Waals surface area (Å²) in [6, 6.07) is 14.1. The molecule has 0 saturated carbocycles. The van der Waals surface area contributed by atoms with Crippen LogP contribution in [0.3, 0.4) is 0 Å². The molecule has 0 fully saturated rings. The van der Waals surface area contributed by atoms with E-state index in [-0.39, 0.29) is 11.5 Å². The van der Waals surface area contributed by atoms with Crippen molar-refractivity contribution in [3.05, 3.63) is 68.7 Å². The number of fused-ring (bicyclic) bond motifs is 2. The second-order valence-electron chi connectivity index (χ2n) is 5.64. The fourth-order valence-corrected chi connectivity index (χ4v) is 4.25. The quantitative estimate of drug-likeness (QED) is 0.627. The van der Waals surface area contributed by atoms with Gasteiger partial charge in [-0.15, -0.1) is 11.3 Å². The molecule has 0 unspecified atom stereocenters. The third kappa shape index (κ3) is 2.04.